The summed E-state index contributed by atoms with van der Waals surface area (Å²) in [6, 6.07) is -4.14. The number of amides is 4. The first-order chi connectivity index (χ1) is 13.4. The number of carbonyl (C=O) groups is 6. The van der Waals surface area contributed by atoms with E-state index in [9.17, 15) is 28.8 Å². The topological polar surface area (TPSA) is 231 Å². The summed E-state index contributed by atoms with van der Waals surface area (Å²) < 4.78 is 0. The number of carboxylic acid groups (broad SMARTS) is 2. The van der Waals surface area contributed by atoms with Gasteiger partial charge in [0.15, 0.2) is 0 Å². The Kier molecular flexibility index (Phi) is 10.9. The van der Waals surface area contributed by atoms with Crippen molar-refractivity contribution in [2.45, 2.75) is 51.2 Å². The summed E-state index contributed by atoms with van der Waals surface area (Å²) in [5.74, 6) is -6.85. The van der Waals surface area contributed by atoms with Gasteiger partial charge < -0.3 is 37.6 Å². The molecule has 0 spiro atoms. The number of hydrogen-bond donors (Lipinski definition) is 7. The highest BCUT2D eigenvalue weighted by atomic mass is 16.4. The Bertz CT molecular complexity index is 653. The van der Waals surface area contributed by atoms with Gasteiger partial charge in [-0.25, -0.2) is 0 Å². The van der Waals surface area contributed by atoms with Gasteiger partial charge in [-0.15, -0.1) is 0 Å². The Morgan fingerprint density at radius 2 is 1.38 bits per heavy atom. The van der Waals surface area contributed by atoms with E-state index in [0.29, 0.717) is 6.42 Å². The quantitative estimate of drug-likeness (QED) is 0.160. The summed E-state index contributed by atoms with van der Waals surface area (Å²) in [6.45, 7) is 2.72. The van der Waals surface area contributed by atoms with Gasteiger partial charge in [-0.05, 0) is 5.92 Å². The standard InChI is InChI=1S/C16H27N5O8/c1-3-7(2)13(18)16(29)21-9(5-11(23)24)15(28)20-8(4-10(17)22)14(27)19-6-12(25)26/h7-9,13H,3-6,18H2,1-2H3,(H2,17,22)(H,19,27)(H,20,28)(H,21,29)(H,23,24)(H,25,26). The lowest BCUT2D eigenvalue weighted by Gasteiger charge is -2.24. The van der Waals surface area contributed by atoms with Gasteiger partial charge in [-0.2, -0.15) is 0 Å². The fourth-order valence-electron chi connectivity index (χ4n) is 2.13. The van der Waals surface area contributed by atoms with Gasteiger partial charge in [0, 0.05) is 0 Å². The van der Waals surface area contributed by atoms with Crippen molar-refractivity contribution in [3.63, 3.8) is 0 Å². The summed E-state index contributed by atoms with van der Waals surface area (Å²) in [4.78, 5) is 69.4. The minimum atomic E-state index is -1.59. The van der Waals surface area contributed by atoms with Gasteiger partial charge in [-0.1, -0.05) is 20.3 Å². The molecule has 0 aromatic rings. The highest BCUT2D eigenvalue weighted by molar-refractivity contribution is 5.96. The van der Waals surface area contributed by atoms with Crippen LogP contribution in [-0.4, -0.2) is 70.5 Å². The van der Waals surface area contributed by atoms with Crippen molar-refractivity contribution in [1.29, 1.82) is 0 Å². The molecule has 0 aliphatic heterocycles. The second-order valence-corrected chi connectivity index (χ2v) is 6.41. The molecule has 0 aromatic heterocycles. The fourth-order valence-corrected chi connectivity index (χ4v) is 2.13. The molecule has 0 heterocycles. The number of nitrogens with one attached hydrogen (secondary N) is 3. The lowest BCUT2D eigenvalue weighted by molar-refractivity contribution is -0.142. The van der Waals surface area contributed by atoms with Crippen LogP contribution in [0.2, 0.25) is 0 Å². The molecule has 0 saturated carbocycles. The van der Waals surface area contributed by atoms with Crippen LogP contribution in [0.25, 0.3) is 0 Å². The Morgan fingerprint density at radius 3 is 1.83 bits per heavy atom. The number of hydrogen-bond acceptors (Lipinski definition) is 7. The summed E-state index contributed by atoms with van der Waals surface area (Å²) in [5, 5.41) is 23.9. The molecule has 29 heavy (non-hydrogen) atoms. The number of primary amides is 1. The van der Waals surface area contributed by atoms with E-state index >= 15 is 0 Å². The molecule has 0 bridgehead atoms. The van der Waals surface area contributed by atoms with E-state index in [4.69, 9.17) is 21.7 Å². The average Bonchev–Trinajstić information content (AvgIpc) is 2.62. The summed E-state index contributed by atoms with van der Waals surface area (Å²) in [7, 11) is 0. The van der Waals surface area contributed by atoms with E-state index in [-0.39, 0.29) is 5.92 Å². The molecule has 0 rings (SSSR count). The Morgan fingerprint density at radius 1 is 0.862 bits per heavy atom. The Labute approximate surface area is 166 Å². The second-order valence-electron chi connectivity index (χ2n) is 6.41. The first-order valence-electron chi connectivity index (χ1n) is 8.74. The van der Waals surface area contributed by atoms with Gasteiger partial charge in [0.1, 0.15) is 18.6 Å². The van der Waals surface area contributed by atoms with Crippen LogP contribution in [0.5, 0.6) is 0 Å². The van der Waals surface area contributed by atoms with E-state index in [2.05, 4.69) is 10.6 Å². The molecule has 0 aliphatic rings. The van der Waals surface area contributed by atoms with Crippen molar-refractivity contribution in [1.82, 2.24) is 16.0 Å². The minimum absolute atomic E-state index is 0.243. The predicted molar refractivity (Wildman–Crippen MR) is 98.0 cm³/mol. The monoisotopic (exact) mass is 417 g/mol. The summed E-state index contributed by atoms with van der Waals surface area (Å²) in [6.07, 6.45) is -0.920. The Hall–Kier alpha value is -3.22. The highest BCUT2D eigenvalue weighted by Crippen LogP contribution is 2.06. The third-order valence-electron chi connectivity index (χ3n) is 4.02. The molecule has 0 fully saturated rings. The second kappa shape index (κ2) is 12.3. The molecular weight excluding hydrogens is 390 g/mol. The van der Waals surface area contributed by atoms with Crippen molar-refractivity contribution < 1.29 is 39.0 Å². The van der Waals surface area contributed by atoms with Gasteiger partial charge in [0.05, 0.1) is 18.9 Å². The maximum atomic E-state index is 12.4. The predicted octanol–water partition coefficient (Wildman–Crippen LogP) is -3.12. The number of carboxylic acids is 2. The molecule has 0 radical (unpaired) electrons. The van der Waals surface area contributed by atoms with E-state index in [1.165, 1.54) is 0 Å². The van der Waals surface area contributed by atoms with Crippen molar-refractivity contribution in [2.75, 3.05) is 6.54 Å². The molecule has 164 valence electrons. The van der Waals surface area contributed by atoms with E-state index < -0.39 is 73.1 Å². The number of aliphatic carboxylic acids is 2. The fraction of sp³-hybridized carbons (Fsp3) is 0.625. The lowest BCUT2D eigenvalue weighted by Crippen LogP contribution is -2.57. The van der Waals surface area contributed by atoms with E-state index in [1.54, 1.807) is 13.8 Å². The van der Waals surface area contributed by atoms with E-state index in [1.807, 2.05) is 5.32 Å². The largest absolute Gasteiger partial charge is 0.481 e. The molecule has 9 N–H and O–H groups in total. The lowest BCUT2D eigenvalue weighted by atomic mass is 9.99. The van der Waals surface area contributed by atoms with Crippen LogP contribution in [0.4, 0.5) is 0 Å². The first-order valence-corrected chi connectivity index (χ1v) is 8.74. The highest BCUT2D eigenvalue weighted by Gasteiger charge is 2.31. The maximum Gasteiger partial charge on any atom is 0.322 e. The van der Waals surface area contributed by atoms with E-state index in [0.717, 1.165) is 0 Å². The van der Waals surface area contributed by atoms with Gasteiger partial charge in [-0.3, -0.25) is 28.8 Å². The molecular formula is C16H27N5O8. The van der Waals surface area contributed by atoms with Crippen molar-refractivity contribution in [3.8, 4) is 0 Å². The zero-order valence-electron chi connectivity index (χ0n) is 16.1. The molecule has 4 amide bonds. The van der Waals surface area contributed by atoms with Crippen LogP contribution >= 0.6 is 0 Å². The molecule has 13 nitrogen and oxygen atoms in total. The number of carbonyl (C=O) groups excluding carboxylic acids is 4. The van der Waals surface area contributed by atoms with Gasteiger partial charge >= 0.3 is 11.9 Å². The first kappa shape index (κ1) is 25.8. The molecule has 0 aromatic carbocycles. The van der Waals surface area contributed by atoms with Crippen molar-refractivity contribution >= 4 is 35.6 Å². The maximum absolute atomic E-state index is 12.4. The Balaban J connectivity index is 5.33. The van der Waals surface area contributed by atoms with Crippen LogP contribution < -0.4 is 27.4 Å². The van der Waals surface area contributed by atoms with Gasteiger partial charge in [0.25, 0.3) is 0 Å². The van der Waals surface area contributed by atoms with Crippen LogP contribution in [0.1, 0.15) is 33.1 Å². The minimum Gasteiger partial charge on any atom is -0.481 e. The molecule has 4 unspecified atom stereocenters. The third kappa shape index (κ3) is 10.0. The van der Waals surface area contributed by atoms with Crippen LogP contribution in [-0.2, 0) is 28.8 Å². The van der Waals surface area contributed by atoms with Gasteiger partial charge in [0.2, 0.25) is 23.6 Å². The zero-order chi connectivity index (χ0) is 22.7. The van der Waals surface area contributed by atoms with Crippen molar-refractivity contribution in [3.05, 3.63) is 0 Å². The summed E-state index contributed by atoms with van der Waals surface area (Å²) >= 11 is 0. The average molecular weight is 417 g/mol. The van der Waals surface area contributed by atoms with Crippen LogP contribution in [0.3, 0.4) is 0 Å². The zero-order valence-corrected chi connectivity index (χ0v) is 16.1. The smallest absolute Gasteiger partial charge is 0.322 e. The van der Waals surface area contributed by atoms with Crippen LogP contribution in [0, 0.1) is 5.92 Å². The SMILES string of the molecule is CCC(C)C(N)C(=O)NC(CC(=O)O)C(=O)NC(CC(N)=O)C(=O)NCC(=O)O. The number of nitrogens with two attached hydrogens (primary N) is 2. The van der Waals surface area contributed by atoms with Crippen LogP contribution in [0.15, 0.2) is 0 Å². The molecule has 13 heteroatoms. The molecule has 4 atom stereocenters. The summed E-state index contributed by atoms with van der Waals surface area (Å²) in [5.41, 5.74) is 10.8. The normalized spacial score (nSPS) is 14.6. The number of rotatable bonds is 13. The molecule has 0 saturated heterocycles. The van der Waals surface area contributed by atoms with Crippen molar-refractivity contribution in [2.24, 2.45) is 17.4 Å². The third-order valence-corrected chi connectivity index (χ3v) is 4.02. The molecule has 0 aliphatic carbocycles.